The lowest BCUT2D eigenvalue weighted by molar-refractivity contribution is 0.652. The second kappa shape index (κ2) is 6.63. The number of nitrogens with zero attached hydrogens (tertiary/aromatic N) is 2. The lowest BCUT2D eigenvalue weighted by Crippen LogP contribution is -2.23. The van der Waals surface area contributed by atoms with Gasteiger partial charge in [-0.2, -0.15) is 5.26 Å². The molecule has 0 aliphatic rings. The molecule has 2 atom stereocenters. The molecule has 1 N–H and O–H groups in total. The predicted molar refractivity (Wildman–Crippen MR) is 77.0 cm³/mol. The molecule has 0 aromatic heterocycles. The van der Waals surface area contributed by atoms with Crippen molar-refractivity contribution in [2.24, 2.45) is 5.92 Å². The normalized spacial score (nSPS) is 13.8. The first-order valence-corrected chi connectivity index (χ1v) is 6.44. The number of anilines is 1. The Kier molecular flexibility index (Phi) is 5.46. The second-order valence-corrected chi connectivity index (χ2v) is 5.03. The van der Waals surface area contributed by atoms with Crippen LogP contribution in [-0.2, 0) is 0 Å². The lowest BCUT2D eigenvalue weighted by atomic mass is 10.1. The molecule has 18 heavy (non-hydrogen) atoms. The quantitative estimate of drug-likeness (QED) is 0.889. The highest BCUT2D eigenvalue weighted by molar-refractivity contribution is 6.31. The fourth-order valence-electron chi connectivity index (χ4n) is 1.82. The molecule has 1 aromatic rings. The average Bonchev–Trinajstić information content (AvgIpc) is 2.37. The van der Waals surface area contributed by atoms with Gasteiger partial charge < -0.3 is 10.2 Å². The van der Waals surface area contributed by atoms with Gasteiger partial charge in [0.15, 0.2) is 0 Å². The van der Waals surface area contributed by atoms with E-state index in [0.29, 0.717) is 6.54 Å². The van der Waals surface area contributed by atoms with Crippen LogP contribution in [0.25, 0.3) is 0 Å². The van der Waals surface area contributed by atoms with Gasteiger partial charge in [-0.15, -0.1) is 0 Å². The molecule has 4 heteroatoms. The van der Waals surface area contributed by atoms with Gasteiger partial charge in [-0.05, 0) is 38.6 Å². The molecule has 3 nitrogen and oxygen atoms in total. The highest BCUT2D eigenvalue weighted by Gasteiger charge is 2.11. The van der Waals surface area contributed by atoms with Crippen LogP contribution in [0, 0.1) is 17.2 Å². The zero-order valence-electron chi connectivity index (χ0n) is 11.4. The molecular formula is C14H20ClN3. The largest absolute Gasteiger partial charge is 0.373 e. The number of halogens is 1. The number of benzene rings is 1. The summed E-state index contributed by atoms with van der Waals surface area (Å²) in [6.45, 7) is 4.69. The van der Waals surface area contributed by atoms with E-state index in [-0.39, 0.29) is 12.0 Å². The van der Waals surface area contributed by atoms with Crippen molar-refractivity contribution in [1.29, 1.82) is 5.26 Å². The highest BCUT2D eigenvalue weighted by Crippen LogP contribution is 2.27. The van der Waals surface area contributed by atoms with Gasteiger partial charge >= 0.3 is 0 Å². The molecule has 98 valence electrons. The van der Waals surface area contributed by atoms with Crippen molar-refractivity contribution >= 4 is 17.3 Å². The van der Waals surface area contributed by atoms with Crippen LogP contribution in [0.5, 0.6) is 0 Å². The van der Waals surface area contributed by atoms with E-state index in [9.17, 15) is 0 Å². The van der Waals surface area contributed by atoms with Gasteiger partial charge in [-0.1, -0.05) is 17.7 Å². The molecule has 0 radical (unpaired) electrons. The highest BCUT2D eigenvalue weighted by atomic mass is 35.5. The molecule has 0 saturated heterocycles. The Labute approximate surface area is 114 Å². The maximum atomic E-state index is 8.82. The van der Waals surface area contributed by atoms with E-state index in [0.717, 1.165) is 16.3 Å². The molecule has 0 spiro atoms. The standard InChI is InChI=1S/C14H20ClN3/c1-10(8-16)9-18(4)12-5-6-13(11(2)17-3)14(15)7-12/h5-7,10-11,17H,9H2,1-4H3. The lowest BCUT2D eigenvalue weighted by Gasteiger charge is -2.22. The summed E-state index contributed by atoms with van der Waals surface area (Å²) in [4.78, 5) is 2.05. The molecule has 0 saturated carbocycles. The van der Waals surface area contributed by atoms with E-state index in [2.05, 4.69) is 18.3 Å². The summed E-state index contributed by atoms with van der Waals surface area (Å²) < 4.78 is 0. The Hall–Kier alpha value is -1.24. The van der Waals surface area contributed by atoms with Gasteiger partial charge in [0.25, 0.3) is 0 Å². The van der Waals surface area contributed by atoms with E-state index in [1.165, 1.54) is 0 Å². The van der Waals surface area contributed by atoms with Crippen molar-refractivity contribution in [3.05, 3.63) is 28.8 Å². The van der Waals surface area contributed by atoms with Crippen LogP contribution in [0.4, 0.5) is 5.69 Å². The molecular weight excluding hydrogens is 246 g/mol. The van der Waals surface area contributed by atoms with Gasteiger partial charge in [-0.3, -0.25) is 0 Å². The van der Waals surface area contributed by atoms with Crippen molar-refractivity contribution < 1.29 is 0 Å². The molecule has 0 fully saturated rings. The minimum atomic E-state index is 0.00434. The minimum Gasteiger partial charge on any atom is -0.373 e. The number of rotatable bonds is 5. The summed E-state index contributed by atoms with van der Waals surface area (Å²) in [5, 5.41) is 12.7. The molecule has 2 unspecified atom stereocenters. The molecule has 0 aliphatic carbocycles. The van der Waals surface area contributed by atoms with E-state index >= 15 is 0 Å². The smallest absolute Gasteiger partial charge is 0.0671 e. The van der Waals surface area contributed by atoms with Crippen LogP contribution in [-0.4, -0.2) is 20.6 Å². The summed E-state index contributed by atoms with van der Waals surface area (Å²) in [7, 11) is 3.89. The number of nitriles is 1. The summed E-state index contributed by atoms with van der Waals surface area (Å²) in [6.07, 6.45) is 0. The van der Waals surface area contributed by atoms with Crippen LogP contribution < -0.4 is 10.2 Å². The second-order valence-electron chi connectivity index (χ2n) is 4.63. The summed E-state index contributed by atoms with van der Waals surface area (Å²) >= 11 is 6.29. The van der Waals surface area contributed by atoms with E-state index in [1.807, 2.05) is 44.1 Å². The maximum Gasteiger partial charge on any atom is 0.0671 e. The average molecular weight is 266 g/mol. The Bertz CT molecular complexity index is 439. The predicted octanol–water partition coefficient (Wildman–Crippen LogP) is 3.22. The third kappa shape index (κ3) is 3.63. The fraction of sp³-hybridized carbons (Fsp3) is 0.500. The molecule has 1 aromatic carbocycles. The first-order valence-electron chi connectivity index (χ1n) is 6.07. The van der Waals surface area contributed by atoms with Crippen LogP contribution in [0.2, 0.25) is 5.02 Å². The maximum absolute atomic E-state index is 8.82. The topological polar surface area (TPSA) is 39.1 Å². The number of hydrogen-bond donors (Lipinski definition) is 1. The molecule has 0 amide bonds. The molecule has 1 rings (SSSR count). The van der Waals surface area contributed by atoms with Crippen molar-refractivity contribution in [3.63, 3.8) is 0 Å². The van der Waals surface area contributed by atoms with Crippen molar-refractivity contribution in [2.45, 2.75) is 19.9 Å². The van der Waals surface area contributed by atoms with Crippen molar-refractivity contribution in [2.75, 3.05) is 25.5 Å². The van der Waals surface area contributed by atoms with Gasteiger partial charge in [0, 0.05) is 30.3 Å². The zero-order valence-corrected chi connectivity index (χ0v) is 12.1. The molecule has 0 heterocycles. The SMILES string of the molecule is CNC(C)c1ccc(N(C)CC(C)C#N)cc1Cl. The van der Waals surface area contributed by atoms with Crippen LogP contribution in [0.3, 0.4) is 0 Å². The monoisotopic (exact) mass is 265 g/mol. The van der Waals surface area contributed by atoms with Crippen LogP contribution in [0.15, 0.2) is 18.2 Å². The Morgan fingerprint density at radius 3 is 2.61 bits per heavy atom. The first kappa shape index (κ1) is 14.8. The van der Waals surface area contributed by atoms with Crippen molar-refractivity contribution in [3.8, 4) is 6.07 Å². The number of hydrogen-bond acceptors (Lipinski definition) is 3. The van der Waals surface area contributed by atoms with Gasteiger partial charge in [0.1, 0.15) is 0 Å². The van der Waals surface area contributed by atoms with Crippen molar-refractivity contribution in [1.82, 2.24) is 5.32 Å². The van der Waals surface area contributed by atoms with Gasteiger partial charge in [0.2, 0.25) is 0 Å². The van der Waals surface area contributed by atoms with E-state index in [1.54, 1.807) is 0 Å². The third-order valence-electron chi connectivity index (χ3n) is 3.09. The van der Waals surface area contributed by atoms with Gasteiger partial charge in [-0.25, -0.2) is 0 Å². The fourth-order valence-corrected chi connectivity index (χ4v) is 2.16. The summed E-state index contributed by atoms with van der Waals surface area (Å²) in [6, 6.07) is 8.49. The summed E-state index contributed by atoms with van der Waals surface area (Å²) in [5.41, 5.74) is 2.12. The Morgan fingerprint density at radius 1 is 1.44 bits per heavy atom. The number of nitrogens with one attached hydrogen (secondary N) is 1. The third-order valence-corrected chi connectivity index (χ3v) is 3.42. The first-order chi connectivity index (χ1) is 8.49. The van der Waals surface area contributed by atoms with E-state index < -0.39 is 0 Å². The minimum absolute atomic E-state index is 0.00434. The van der Waals surface area contributed by atoms with Crippen LogP contribution in [0.1, 0.15) is 25.5 Å². The zero-order chi connectivity index (χ0) is 13.7. The molecule has 0 bridgehead atoms. The van der Waals surface area contributed by atoms with E-state index in [4.69, 9.17) is 16.9 Å². The Balaban J connectivity index is 2.87. The Morgan fingerprint density at radius 2 is 2.11 bits per heavy atom. The van der Waals surface area contributed by atoms with Gasteiger partial charge in [0.05, 0.1) is 12.0 Å². The van der Waals surface area contributed by atoms with Crippen LogP contribution >= 0.6 is 11.6 Å². The molecule has 0 aliphatic heterocycles. The summed E-state index contributed by atoms with van der Waals surface area (Å²) in [5.74, 6) is 0.00434.